The number of para-hydroxylation sites is 1. The first-order valence-corrected chi connectivity index (χ1v) is 7.86. The summed E-state index contributed by atoms with van der Waals surface area (Å²) in [6.07, 6.45) is 0. The van der Waals surface area contributed by atoms with E-state index in [-0.39, 0.29) is 18.4 Å². The highest BCUT2D eigenvalue weighted by atomic mass is 16.5. The van der Waals surface area contributed by atoms with Gasteiger partial charge in [0, 0.05) is 39.0 Å². The van der Waals surface area contributed by atoms with Crippen molar-refractivity contribution in [2.45, 2.75) is 13.8 Å². The average Bonchev–Trinajstić information content (AvgIpc) is 2.52. The number of hydrogen-bond acceptors (Lipinski definition) is 4. The maximum Gasteiger partial charge on any atom is 0.248 e. The van der Waals surface area contributed by atoms with Gasteiger partial charge in [0.25, 0.3) is 0 Å². The molecule has 1 aromatic carbocycles. The molecule has 0 aromatic heterocycles. The Hall–Kier alpha value is -1.92. The molecule has 6 heteroatoms. The molecule has 0 bridgehead atoms. The van der Waals surface area contributed by atoms with Gasteiger partial charge in [-0.2, -0.15) is 0 Å². The Kier molecular flexibility index (Phi) is 6.12. The number of benzene rings is 1. The Balaban J connectivity index is 1.82. The number of nitrogens with zero attached hydrogens (tertiary/aromatic N) is 2. The van der Waals surface area contributed by atoms with Gasteiger partial charge in [0.1, 0.15) is 6.61 Å². The molecule has 1 fully saturated rings. The van der Waals surface area contributed by atoms with Crippen LogP contribution in [0.1, 0.15) is 11.1 Å². The highest BCUT2D eigenvalue weighted by Gasteiger charge is 2.22. The molecule has 126 valence electrons. The van der Waals surface area contributed by atoms with Gasteiger partial charge in [0.15, 0.2) is 0 Å². The summed E-state index contributed by atoms with van der Waals surface area (Å²) in [7, 11) is 1.52. The topological polar surface area (TPSA) is 61.9 Å². The number of carbonyl (C=O) groups is 2. The van der Waals surface area contributed by atoms with Crippen LogP contribution in [0.25, 0.3) is 0 Å². The van der Waals surface area contributed by atoms with Crippen LogP contribution in [0.4, 0.5) is 5.69 Å². The minimum Gasteiger partial charge on any atom is -0.375 e. The standard InChI is InChI=1S/C17H25N3O3/c1-13-5-4-6-14(2)17(13)18-15(21)11-19-7-9-20(10-8-19)16(22)12-23-3/h4-6H,7-12H2,1-3H3,(H,18,21). The smallest absolute Gasteiger partial charge is 0.248 e. The monoisotopic (exact) mass is 319 g/mol. The van der Waals surface area contributed by atoms with Crippen molar-refractivity contribution in [1.29, 1.82) is 0 Å². The van der Waals surface area contributed by atoms with E-state index in [2.05, 4.69) is 10.2 Å². The van der Waals surface area contributed by atoms with Crippen molar-refractivity contribution in [2.75, 3.05) is 51.8 Å². The summed E-state index contributed by atoms with van der Waals surface area (Å²) in [6.45, 7) is 7.13. The number of anilines is 1. The molecule has 0 atom stereocenters. The van der Waals surface area contributed by atoms with Gasteiger partial charge >= 0.3 is 0 Å². The molecular formula is C17H25N3O3. The fourth-order valence-corrected chi connectivity index (χ4v) is 2.76. The highest BCUT2D eigenvalue weighted by molar-refractivity contribution is 5.93. The van der Waals surface area contributed by atoms with Crippen molar-refractivity contribution in [3.63, 3.8) is 0 Å². The zero-order valence-electron chi connectivity index (χ0n) is 14.1. The number of hydrogen-bond donors (Lipinski definition) is 1. The molecule has 1 saturated heterocycles. The summed E-state index contributed by atoms with van der Waals surface area (Å²) < 4.78 is 4.87. The van der Waals surface area contributed by atoms with Gasteiger partial charge in [-0.3, -0.25) is 14.5 Å². The maximum absolute atomic E-state index is 12.2. The molecule has 1 aromatic rings. The molecule has 0 spiro atoms. The van der Waals surface area contributed by atoms with Crippen molar-refractivity contribution in [2.24, 2.45) is 0 Å². The van der Waals surface area contributed by atoms with Gasteiger partial charge in [0.05, 0.1) is 6.54 Å². The van der Waals surface area contributed by atoms with Gasteiger partial charge < -0.3 is 15.0 Å². The predicted molar refractivity (Wildman–Crippen MR) is 89.4 cm³/mol. The third-order valence-corrected chi connectivity index (χ3v) is 4.11. The summed E-state index contributed by atoms with van der Waals surface area (Å²) in [5.74, 6) is -0.00814. The van der Waals surface area contributed by atoms with E-state index >= 15 is 0 Å². The SMILES string of the molecule is COCC(=O)N1CCN(CC(=O)Nc2c(C)cccc2C)CC1. The normalized spacial score (nSPS) is 15.5. The van der Waals surface area contributed by atoms with Gasteiger partial charge in [-0.15, -0.1) is 0 Å². The van der Waals surface area contributed by atoms with Crippen LogP contribution in [0.2, 0.25) is 0 Å². The van der Waals surface area contributed by atoms with Crippen LogP contribution in [-0.2, 0) is 14.3 Å². The lowest BCUT2D eigenvalue weighted by molar-refractivity contribution is -0.137. The van der Waals surface area contributed by atoms with Crippen LogP contribution >= 0.6 is 0 Å². The van der Waals surface area contributed by atoms with E-state index in [1.807, 2.05) is 32.0 Å². The lowest BCUT2D eigenvalue weighted by atomic mass is 10.1. The third kappa shape index (κ3) is 4.77. The Labute approximate surface area is 137 Å². The fourth-order valence-electron chi connectivity index (χ4n) is 2.76. The van der Waals surface area contributed by atoms with Crippen molar-refractivity contribution in [3.05, 3.63) is 29.3 Å². The van der Waals surface area contributed by atoms with Crippen molar-refractivity contribution in [3.8, 4) is 0 Å². The lowest BCUT2D eigenvalue weighted by Gasteiger charge is -2.34. The molecule has 1 aliphatic heterocycles. The van der Waals surface area contributed by atoms with Crippen molar-refractivity contribution in [1.82, 2.24) is 9.80 Å². The van der Waals surface area contributed by atoms with Crippen molar-refractivity contribution >= 4 is 17.5 Å². The number of rotatable bonds is 5. The zero-order chi connectivity index (χ0) is 16.8. The average molecular weight is 319 g/mol. The molecule has 1 aliphatic rings. The first kappa shape index (κ1) is 17.4. The zero-order valence-corrected chi connectivity index (χ0v) is 14.1. The number of piperazine rings is 1. The fraction of sp³-hybridized carbons (Fsp3) is 0.529. The molecular weight excluding hydrogens is 294 g/mol. The van der Waals surface area contributed by atoms with Crippen LogP contribution in [0.3, 0.4) is 0 Å². The Morgan fingerprint density at radius 2 is 1.74 bits per heavy atom. The molecule has 6 nitrogen and oxygen atoms in total. The largest absolute Gasteiger partial charge is 0.375 e. The third-order valence-electron chi connectivity index (χ3n) is 4.11. The van der Waals surface area contributed by atoms with Crippen LogP contribution in [-0.4, -0.2) is 68.1 Å². The van der Waals surface area contributed by atoms with Crippen molar-refractivity contribution < 1.29 is 14.3 Å². The minimum absolute atomic E-state index is 0.00661. The first-order chi connectivity index (χ1) is 11.0. The summed E-state index contributed by atoms with van der Waals surface area (Å²) in [5, 5.41) is 3.00. The number of carbonyl (C=O) groups excluding carboxylic acids is 2. The van der Waals surface area contributed by atoms with Gasteiger partial charge in [-0.25, -0.2) is 0 Å². The Bertz CT molecular complexity index is 546. The van der Waals surface area contributed by atoms with Crippen LogP contribution in [0, 0.1) is 13.8 Å². The summed E-state index contributed by atoms with van der Waals surface area (Å²) in [6, 6.07) is 5.96. The quantitative estimate of drug-likeness (QED) is 0.881. The Morgan fingerprint density at radius 3 is 2.30 bits per heavy atom. The molecule has 0 unspecified atom stereocenters. The minimum atomic E-state index is -0.0148. The number of ether oxygens (including phenoxy) is 1. The molecule has 0 saturated carbocycles. The van der Waals surface area contributed by atoms with E-state index < -0.39 is 0 Å². The Morgan fingerprint density at radius 1 is 1.13 bits per heavy atom. The molecule has 2 rings (SSSR count). The molecule has 2 amide bonds. The summed E-state index contributed by atoms with van der Waals surface area (Å²) in [4.78, 5) is 27.8. The second-order valence-electron chi connectivity index (χ2n) is 5.90. The predicted octanol–water partition coefficient (Wildman–Crippen LogP) is 1.03. The van der Waals surface area contributed by atoms with Gasteiger partial charge in [0.2, 0.25) is 11.8 Å². The van der Waals surface area contributed by atoms with E-state index in [0.717, 1.165) is 16.8 Å². The van der Waals surface area contributed by atoms with Crippen LogP contribution in [0.15, 0.2) is 18.2 Å². The first-order valence-electron chi connectivity index (χ1n) is 7.86. The second kappa shape index (κ2) is 8.08. The van der Waals surface area contributed by atoms with Crippen LogP contribution < -0.4 is 5.32 Å². The number of nitrogens with one attached hydrogen (secondary N) is 1. The molecule has 1 heterocycles. The molecule has 0 aliphatic carbocycles. The number of amides is 2. The second-order valence-corrected chi connectivity index (χ2v) is 5.90. The summed E-state index contributed by atoms with van der Waals surface area (Å²) in [5.41, 5.74) is 3.02. The van der Waals surface area contributed by atoms with E-state index in [9.17, 15) is 9.59 Å². The van der Waals surface area contributed by atoms with Gasteiger partial charge in [-0.05, 0) is 25.0 Å². The van der Waals surface area contributed by atoms with E-state index in [1.54, 1.807) is 4.90 Å². The summed E-state index contributed by atoms with van der Waals surface area (Å²) >= 11 is 0. The van der Waals surface area contributed by atoms with E-state index in [4.69, 9.17) is 4.74 Å². The molecule has 23 heavy (non-hydrogen) atoms. The number of aryl methyl sites for hydroxylation is 2. The molecule has 0 radical (unpaired) electrons. The highest BCUT2D eigenvalue weighted by Crippen LogP contribution is 2.19. The van der Waals surface area contributed by atoms with E-state index in [0.29, 0.717) is 32.7 Å². The van der Waals surface area contributed by atoms with Crippen LogP contribution in [0.5, 0.6) is 0 Å². The lowest BCUT2D eigenvalue weighted by Crippen LogP contribution is -2.51. The van der Waals surface area contributed by atoms with Gasteiger partial charge in [-0.1, -0.05) is 18.2 Å². The molecule has 1 N–H and O–H groups in total. The van der Waals surface area contributed by atoms with E-state index in [1.165, 1.54) is 7.11 Å². The number of methoxy groups -OCH3 is 1. The maximum atomic E-state index is 12.2.